The molecule has 0 amide bonds. The van der Waals surface area contributed by atoms with Crippen molar-refractivity contribution in [1.82, 2.24) is 0 Å². The van der Waals surface area contributed by atoms with Crippen LogP contribution >= 0.6 is 0 Å². The monoisotopic (exact) mass is 800 g/mol. The van der Waals surface area contributed by atoms with Crippen LogP contribution in [0.3, 0.4) is 0 Å². The molecule has 0 unspecified atom stereocenters. The molecule has 8 nitrogen and oxygen atoms in total. The zero-order valence-electron chi connectivity index (χ0n) is 34.8. The number of hydrogen-bond acceptors (Lipinski definition) is 8. The molecule has 0 bridgehead atoms. The number of esters is 2. The fourth-order valence-electron chi connectivity index (χ4n) is 6.25. The predicted octanol–water partition coefficient (Wildman–Crippen LogP) is 12.6. The number of Topliss-reactive ketones (excluding diaryl/α,β-unsaturated/α-hetero) is 2. The highest BCUT2D eigenvalue weighted by molar-refractivity contribution is 6.13. The highest BCUT2D eigenvalue weighted by atomic mass is 16.5. The van der Waals surface area contributed by atoms with E-state index in [9.17, 15) is 19.2 Å². The van der Waals surface area contributed by atoms with Gasteiger partial charge in [0.05, 0.1) is 19.6 Å². The number of hydrogen-bond donors (Lipinski definition) is 0. The molecular formula is C51H60O8. The van der Waals surface area contributed by atoms with E-state index in [1.165, 1.54) is 138 Å². The molecule has 0 aromatic heterocycles. The Balaban J connectivity index is 1.13. The third kappa shape index (κ3) is 18.6. The normalized spacial score (nSPS) is 11.2. The fourth-order valence-corrected chi connectivity index (χ4v) is 6.25. The number of benzene rings is 4. The molecule has 0 heterocycles. The van der Waals surface area contributed by atoms with E-state index in [0.29, 0.717) is 24.3 Å². The first-order valence-corrected chi connectivity index (χ1v) is 21.3. The fraction of sp³-hybridized carbons (Fsp3) is 0.373. The van der Waals surface area contributed by atoms with Gasteiger partial charge in [0.1, 0.15) is 23.0 Å². The zero-order chi connectivity index (χ0) is 41.9. The molecule has 4 aromatic rings. The van der Waals surface area contributed by atoms with Crippen molar-refractivity contribution in [2.45, 2.75) is 110 Å². The van der Waals surface area contributed by atoms with Gasteiger partial charge in [-0.25, -0.2) is 9.59 Å². The van der Waals surface area contributed by atoms with Crippen LogP contribution in [-0.4, -0.2) is 36.7 Å². The molecule has 0 aliphatic carbocycles. The Morgan fingerprint density at radius 2 is 0.729 bits per heavy atom. The molecule has 0 aliphatic heterocycles. The average molecular weight is 801 g/mol. The Morgan fingerprint density at radius 3 is 1.08 bits per heavy atom. The van der Waals surface area contributed by atoms with E-state index < -0.39 is 11.9 Å². The van der Waals surface area contributed by atoms with Crippen molar-refractivity contribution in [2.24, 2.45) is 0 Å². The van der Waals surface area contributed by atoms with Gasteiger partial charge in [-0.1, -0.05) is 115 Å². The van der Waals surface area contributed by atoms with Gasteiger partial charge in [-0.15, -0.1) is 0 Å². The summed E-state index contributed by atoms with van der Waals surface area (Å²) < 4.78 is 22.4. The van der Waals surface area contributed by atoms with Crippen molar-refractivity contribution in [1.29, 1.82) is 0 Å². The third-order valence-corrected chi connectivity index (χ3v) is 9.73. The van der Waals surface area contributed by atoms with Crippen molar-refractivity contribution in [2.75, 3.05) is 13.2 Å². The van der Waals surface area contributed by atoms with Crippen molar-refractivity contribution in [3.63, 3.8) is 0 Å². The molecule has 4 rings (SSSR count). The van der Waals surface area contributed by atoms with Crippen LogP contribution in [0.4, 0.5) is 0 Å². The first-order chi connectivity index (χ1) is 28.8. The van der Waals surface area contributed by atoms with Gasteiger partial charge in [0.25, 0.3) is 0 Å². The summed E-state index contributed by atoms with van der Waals surface area (Å²) in [6, 6.07) is 27.2. The number of ketones is 2. The molecule has 0 saturated heterocycles. The van der Waals surface area contributed by atoms with Crippen LogP contribution in [0.1, 0.15) is 142 Å². The van der Waals surface area contributed by atoms with Crippen molar-refractivity contribution < 1.29 is 38.1 Å². The highest BCUT2D eigenvalue weighted by Crippen LogP contribution is 2.20. The maximum atomic E-state index is 12.9. The van der Waals surface area contributed by atoms with Crippen LogP contribution in [-0.2, 0) is 9.59 Å². The Bertz CT molecular complexity index is 1770. The minimum absolute atomic E-state index is 0.272. The lowest BCUT2D eigenvalue weighted by molar-refractivity contribution is -0.129. The Morgan fingerprint density at radius 1 is 0.407 bits per heavy atom. The largest absolute Gasteiger partial charge is 0.494 e. The van der Waals surface area contributed by atoms with Gasteiger partial charge >= 0.3 is 11.9 Å². The molecule has 0 fully saturated rings. The van der Waals surface area contributed by atoms with Crippen molar-refractivity contribution in [3.8, 4) is 23.0 Å². The lowest BCUT2D eigenvalue weighted by Crippen LogP contribution is -2.09. The van der Waals surface area contributed by atoms with E-state index >= 15 is 0 Å². The first kappa shape index (κ1) is 45.9. The summed E-state index contributed by atoms with van der Waals surface area (Å²) in [6.45, 7) is 5.83. The quantitative estimate of drug-likeness (QED) is 0.0140. The topological polar surface area (TPSA) is 105 Å². The molecule has 8 heteroatoms. The number of carbonyl (C=O) groups is 4. The Hall–Kier alpha value is -5.76. The SMILES string of the molecule is CCCCCCCCCOc1ccc(/C=C/C(=O)Oc2ccc(C(=O)CC(=O)c3ccc(OC(=O)/C=C/c4ccc(OCCCCCCCCC)cc4)cc3)cc2)cc1. The van der Waals surface area contributed by atoms with E-state index in [-0.39, 0.29) is 29.5 Å². The van der Waals surface area contributed by atoms with Gasteiger partial charge in [-0.05, 0) is 109 Å². The van der Waals surface area contributed by atoms with Gasteiger partial charge in [-0.3, -0.25) is 9.59 Å². The Kier molecular flexibility index (Phi) is 21.0. The molecule has 0 spiro atoms. The molecule has 59 heavy (non-hydrogen) atoms. The van der Waals surface area contributed by atoms with E-state index in [4.69, 9.17) is 18.9 Å². The number of rotatable bonds is 28. The van der Waals surface area contributed by atoms with E-state index in [0.717, 1.165) is 35.5 Å². The van der Waals surface area contributed by atoms with E-state index in [1.54, 1.807) is 12.2 Å². The van der Waals surface area contributed by atoms with E-state index in [2.05, 4.69) is 13.8 Å². The second kappa shape index (κ2) is 27.0. The van der Waals surface area contributed by atoms with Gasteiger partial charge in [0.2, 0.25) is 0 Å². The molecule has 0 saturated carbocycles. The summed E-state index contributed by atoms with van der Waals surface area (Å²) in [7, 11) is 0. The van der Waals surface area contributed by atoms with Gasteiger partial charge in [0, 0.05) is 23.3 Å². The molecular weight excluding hydrogens is 741 g/mol. The maximum absolute atomic E-state index is 12.9. The van der Waals surface area contributed by atoms with Crippen LogP contribution in [0.25, 0.3) is 12.2 Å². The van der Waals surface area contributed by atoms with Gasteiger partial charge in [-0.2, -0.15) is 0 Å². The zero-order valence-corrected chi connectivity index (χ0v) is 34.8. The summed E-state index contributed by atoms with van der Waals surface area (Å²) in [4.78, 5) is 50.6. The summed E-state index contributed by atoms with van der Waals surface area (Å²) >= 11 is 0. The summed E-state index contributed by atoms with van der Waals surface area (Å²) in [5.74, 6) is 0.255. The average Bonchev–Trinajstić information content (AvgIpc) is 3.25. The maximum Gasteiger partial charge on any atom is 0.336 e. The highest BCUT2D eigenvalue weighted by Gasteiger charge is 2.15. The number of carbonyl (C=O) groups excluding carboxylic acids is 4. The van der Waals surface area contributed by atoms with E-state index in [1.807, 2.05) is 48.5 Å². The lowest BCUT2D eigenvalue weighted by atomic mass is 10.0. The van der Waals surface area contributed by atoms with Gasteiger partial charge in [0.15, 0.2) is 11.6 Å². The van der Waals surface area contributed by atoms with Crippen LogP contribution < -0.4 is 18.9 Å². The molecule has 0 radical (unpaired) electrons. The minimum Gasteiger partial charge on any atom is -0.494 e. The summed E-state index contributed by atoms with van der Waals surface area (Å²) in [6.07, 6.45) is 22.9. The summed E-state index contributed by atoms with van der Waals surface area (Å²) in [5.41, 5.74) is 2.28. The Labute approximate surface area is 350 Å². The van der Waals surface area contributed by atoms with Crippen molar-refractivity contribution >= 4 is 35.7 Å². The van der Waals surface area contributed by atoms with Crippen molar-refractivity contribution in [3.05, 3.63) is 131 Å². The predicted molar refractivity (Wildman–Crippen MR) is 235 cm³/mol. The van der Waals surface area contributed by atoms with Crippen LogP contribution in [0.15, 0.2) is 109 Å². The molecule has 312 valence electrons. The van der Waals surface area contributed by atoms with Gasteiger partial charge < -0.3 is 18.9 Å². The second-order valence-corrected chi connectivity index (χ2v) is 14.7. The minimum atomic E-state index is -0.562. The number of ether oxygens (including phenoxy) is 4. The smallest absolute Gasteiger partial charge is 0.336 e. The van der Waals surface area contributed by atoms with Crippen LogP contribution in [0.2, 0.25) is 0 Å². The van der Waals surface area contributed by atoms with Crippen LogP contribution in [0.5, 0.6) is 23.0 Å². The number of unbranched alkanes of at least 4 members (excludes halogenated alkanes) is 12. The molecule has 0 atom stereocenters. The second-order valence-electron chi connectivity index (χ2n) is 14.7. The molecule has 0 aliphatic rings. The molecule has 4 aromatic carbocycles. The lowest BCUT2D eigenvalue weighted by Gasteiger charge is -2.07. The van der Waals surface area contributed by atoms with Crippen LogP contribution in [0, 0.1) is 0 Å². The standard InChI is InChI=1S/C51H60O8/c1-3-5-7-9-11-13-15-37-56-44-27-17-40(18-28-44)21-35-50(54)58-46-31-23-42(24-32-46)48(52)39-49(53)43-25-33-47(34-26-43)59-51(55)36-22-41-19-29-45(30-20-41)57-38-16-14-12-10-8-6-4-2/h17-36H,3-16,37-39H2,1-2H3/b35-21+,36-22+. The molecule has 0 N–H and O–H groups in total. The third-order valence-electron chi connectivity index (χ3n) is 9.73. The first-order valence-electron chi connectivity index (χ1n) is 21.3. The summed E-state index contributed by atoms with van der Waals surface area (Å²) in [5, 5.41) is 0.